The van der Waals surface area contributed by atoms with E-state index >= 15 is 0 Å². The molecule has 1 N–H and O–H groups in total. The molecule has 0 aromatic heterocycles. The Morgan fingerprint density at radius 1 is 1.38 bits per heavy atom. The van der Waals surface area contributed by atoms with Crippen molar-refractivity contribution in [3.05, 3.63) is 35.9 Å². The van der Waals surface area contributed by atoms with Crippen LogP contribution in [0.5, 0.6) is 0 Å². The number of nitrogens with one attached hydrogen (secondary N) is 1. The van der Waals surface area contributed by atoms with Crippen LogP contribution < -0.4 is 5.32 Å². The Morgan fingerprint density at radius 3 is 2.81 bits per heavy atom. The first-order chi connectivity index (χ1) is 7.83. The summed E-state index contributed by atoms with van der Waals surface area (Å²) in [6, 6.07) is 12.1. The fourth-order valence-electron chi connectivity index (χ4n) is 2.47. The van der Waals surface area contributed by atoms with Gasteiger partial charge >= 0.3 is 0 Å². The predicted molar refractivity (Wildman–Crippen MR) is 68.5 cm³/mol. The molecule has 2 rings (SSSR count). The van der Waals surface area contributed by atoms with Gasteiger partial charge in [-0.3, -0.25) is 4.90 Å². The van der Waals surface area contributed by atoms with Crippen LogP contribution in [-0.4, -0.2) is 30.6 Å². The summed E-state index contributed by atoms with van der Waals surface area (Å²) < 4.78 is 0. The van der Waals surface area contributed by atoms with E-state index in [2.05, 4.69) is 54.4 Å². The van der Waals surface area contributed by atoms with Gasteiger partial charge in [0.05, 0.1) is 0 Å². The van der Waals surface area contributed by atoms with E-state index in [4.69, 9.17) is 0 Å². The first kappa shape index (κ1) is 11.6. The van der Waals surface area contributed by atoms with Crippen molar-refractivity contribution in [1.82, 2.24) is 10.2 Å². The molecule has 2 unspecified atom stereocenters. The van der Waals surface area contributed by atoms with Crippen LogP contribution in [0.4, 0.5) is 0 Å². The maximum Gasteiger partial charge on any atom is 0.0476 e. The number of piperazine rings is 1. The largest absolute Gasteiger partial charge is 0.314 e. The van der Waals surface area contributed by atoms with Crippen LogP contribution >= 0.6 is 0 Å². The number of hydrogen-bond donors (Lipinski definition) is 1. The Bertz CT molecular complexity index is 310. The normalized spacial score (nSPS) is 24.2. The SMILES string of the molecule is CCC(C)N1CCNCC1c1ccccc1. The van der Waals surface area contributed by atoms with Crippen molar-refractivity contribution in [1.29, 1.82) is 0 Å². The summed E-state index contributed by atoms with van der Waals surface area (Å²) in [7, 11) is 0. The van der Waals surface area contributed by atoms with Gasteiger partial charge < -0.3 is 5.32 Å². The zero-order valence-corrected chi connectivity index (χ0v) is 10.3. The third-order valence-corrected chi connectivity index (χ3v) is 3.63. The third-order valence-electron chi connectivity index (χ3n) is 3.63. The van der Waals surface area contributed by atoms with Gasteiger partial charge in [-0.15, -0.1) is 0 Å². The number of rotatable bonds is 3. The molecular weight excluding hydrogens is 196 g/mol. The highest BCUT2D eigenvalue weighted by atomic mass is 15.2. The molecular formula is C14H22N2. The summed E-state index contributed by atoms with van der Waals surface area (Å²) in [6.45, 7) is 7.96. The van der Waals surface area contributed by atoms with Crippen molar-refractivity contribution in [3.63, 3.8) is 0 Å². The second kappa shape index (κ2) is 5.46. The van der Waals surface area contributed by atoms with Gasteiger partial charge in [-0.25, -0.2) is 0 Å². The summed E-state index contributed by atoms with van der Waals surface area (Å²) >= 11 is 0. The Labute approximate surface area is 98.7 Å². The van der Waals surface area contributed by atoms with Crippen molar-refractivity contribution in [2.24, 2.45) is 0 Å². The predicted octanol–water partition coefficient (Wildman–Crippen LogP) is 2.43. The fraction of sp³-hybridized carbons (Fsp3) is 0.571. The Balaban J connectivity index is 2.16. The average Bonchev–Trinajstić information content (AvgIpc) is 2.39. The van der Waals surface area contributed by atoms with Gasteiger partial charge in [-0.05, 0) is 18.9 Å². The lowest BCUT2D eigenvalue weighted by Gasteiger charge is -2.40. The topological polar surface area (TPSA) is 15.3 Å². The molecule has 1 aliphatic rings. The van der Waals surface area contributed by atoms with Gasteiger partial charge in [0.15, 0.2) is 0 Å². The zero-order valence-electron chi connectivity index (χ0n) is 10.3. The van der Waals surface area contributed by atoms with E-state index in [0.29, 0.717) is 12.1 Å². The molecule has 2 heteroatoms. The molecule has 0 aliphatic carbocycles. The molecule has 0 bridgehead atoms. The van der Waals surface area contributed by atoms with Crippen LogP contribution in [0.1, 0.15) is 31.9 Å². The third kappa shape index (κ3) is 2.45. The summed E-state index contributed by atoms with van der Waals surface area (Å²) in [5, 5.41) is 3.50. The number of hydrogen-bond acceptors (Lipinski definition) is 2. The van der Waals surface area contributed by atoms with Crippen LogP contribution in [0, 0.1) is 0 Å². The average molecular weight is 218 g/mol. The molecule has 0 amide bonds. The molecule has 0 radical (unpaired) electrons. The first-order valence-corrected chi connectivity index (χ1v) is 6.34. The van der Waals surface area contributed by atoms with E-state index in [1.807, 2.05) is 0 Å². The number of nitrogens with zero attached hydrogens (tertiary/aromatic N) is 1. The second-order valence-corrected chi connectivity index (χ2v) is 4.63. The first-order valence-electron chi connectivity index (χ1n) is 6.34. The molecule has 1 fully saturated rings. The van der Waals surface area contributed by atoms with Crippen LogP contribution in [0.25, 0.3) is 0 Å². The Hall–Kier alpha value is -0.860. The molecule has 0 saturated carbocycles. The minimum atomic E-state index is 0.546. The zero-order chi connectivity index (χ0) is 11.4. The highest BCUT2D eigenvalue weighted by Gasteiger charge is 2.26. The lowest BCUT2D eigenvalue weighted by Crippen LogP contribution is -2.49. The summed E-state index contributed by atoms with van der Waals surface area (Å²) in [6.07, 6.45) is 1.23. The second-order valence-electron chi connectivity index (χ2n) is 4.63. The molecule has 1 aromatic carbocycles. The van der Waals surface area contributed by atoms with Gasteiger partial charge in [-0.2, -0.15) is 0 Å². The van der Waals surface area contributed by atoms with Crippen LogP contribution in [0.15, 0.2) is 30.3 Å². The van der Waals surface area contributed by atoms with Gasteiger partial charge in [-0.1, -0.05) is 37.3 Å². The fourth-order valence-corrected chi connectivity index (χ4v) is 2.47. The van der Waals surface area contributed by atoms with Crippen molar-refractivity contribution >= 4 is 0 Å². The molecule has 16 heavy (non-hydrogen) atoms. The minimum Gasteiger partial charge on any atom is -0.314 e. The minimum absolute atomic E-state index is 0.546. The van der Waals surface area contributed by atoms with E-state index in [-0.39, 0.29) is 0 Å². The molecule has 88 valence electrons. The van der Waals surface area contributed by atoms with Gasteiger partial charge in [0.1, 0.15) is 0 Å². The van der Waals surface area contributed by atoms with Crippen molar-refractivity contribution in [2.45, 2.75) is 32.4 Å². The molecule has 2 atom stereocenters. The molecule has 1 saturated heterocycles. The molecule has 0 spiro atoms. The van der Waals surface area contributed by atoms with E-state index in [9.17, 15) is 0 Å². The highest BCUT2D eigenvalue weighted by Crippen LogP contribution is 2.24. The van der Waals surface area contributed by atoms with Crippen LogP contribution in [0.3, 0.4) is 0 Å². The van der Waals surface area contributed by atoms with Crippen molar-refractivity contribution < 1.29 is 0 Å². The Kier molecular flexibility index (Phi) is 3.97. The standard InChI is InChI=1S/C14H22N2/c1-3-12(2)16-10-9-15-11-14(16)13-7-5-4-6-8-13/h4-8,12,14-15H,3,9-11H2,1-2H3. The van der Waals surface area contributed by atoms with Gasteiger partial charge in [0, 0.05) is 31.7 Å². The molecule has 1 aromatic rings. The lowest BCUT2D eigenvalue weighted by atomic mass is 10.0. The maximum absolute atomic E-state index is 3.50. The van der Waals surface area contributed by atoms with E-state index in [1.165, 1.54) is 12.0 Å². The van der Waals surface area contributed by atoms with Crippen LogP contribution in [0.2, 0.25) is 0 Å². The monoisotopic (exact) mass is 218 g/mol. The van der Waals surface area contributed by atoms with Gasteiger partial charge in [0.25, 0.3) is 0 Å². The van der Waals surface area contributed by atoms with E-state index in [1.54, 1.807) is 0 Å². The van der Waals surface area contributed by atoms with E-state index < -0.39 is 0 Å². The highest BCUT2D eigenvalue weighted by molar-refractivity contribution is 5.20. The van der Waals surface area contributed by atoms with Crippen LogP contribution in [-0.2, 0) is 0 Å². The smallest absolute Gasteiger partial charge is 0.0476 e. The maximum atomic E-state index is 3.50. The Morgan fingerprint density at radius 2 is 2.12 bits per heavy atom. The van der Waals surface area contributed by atoms with E-state index in [0.717, 1.165) is 19.6 Å². The molecule has 1 aliphatic heterocycles. The quantitative estimate of drug-likeness (QED) is 0.838. The molecule has 2 nitrogen and oxygen atoms in total. The lowest BCUT2D eigenvalue weighted by molar-refractivity contribution is 0.112. The summed E-state index contributed by atoms with van der Waals surface area (Å²) in [5.41, 5.74) is 1.44. The van der Waals surface area contributed by atoms with Crippen molar-refractivity contribution in [2.75, 3.05) is 19.6 Å². The number of benzene rings is 1. The summed E-state index contributed by atoms with van der Waals surface area (Å²) in [4.78, 5) is 2.63. The molecule has 1 heterocycles. The van der Waals surface area contributed by atoms with Crippen molar-refractivity contribution in [3.8, 4) is 0 Å². The summed E-state index contributed by atoms with van der Waals surface area (Å²) in [5.74, 6) is 0. The van der Waals surface area contributed by atoms with Gasteiger partial charge in [0.2, 0.25) is 0 Å².